The van der Waals surface area contributed by atoms with E-state index >= 15 is 0 Å². The van der Waals surface area contributed by atoms with Crippen LogP contribution in [0.5, 0.6) is 0 Å². The second-order valence-electron chi connectivity index (χ2n) is 6.89. The van der Waals surface area contributed by atoms with Crippen LogP contribution in [0.1, 0.15) is 25.8 Å². The lowest BCUT2D eigenvalue weighted by atomic mass is 10.2. The van der Waals surface area contributed by atoms with E-state index in [1.54, 1.807) is 6.20 Å². The van der Waals surface area contributed by atoms with Crippen molar-refractivity contribution in [2.75, 3.05) is 22.9 Å². The number of carbonyl (C=O) groups is 1. The molecule has 0 unspecified atom stereocenters. The lowest BCUT2D eigenvalue weighted by Crippen LogP contribution is -2.42. The molecule has 0 saturated heterocycles. The van der Waals surface area contributed by atoms with Gasteiger partial charge in [-0.25, -0.2) is 9.78 Å². The number of aromatic amines is 1. The van der Waals surface area contributed by atoms with Gasteiger partial charge in [0, 0.05) is 25.5 Å². The number of aromatic nitrogens is 4. The molecule has 31 heavy (non-hydrogen) atoms. The maximum Gasteiger partial charge on any atom is 0.330 e. The molecule has 0 saturated carbocycles. The minimum Gasteiger partial charge on any atom is -0.383 e. The average molecular weight is 443 g/mol. The van der Waals surface area contributed by atoms with Crippen LogP contribution in [0.15, 0.2) is 57.5 Å². The van der Waals surface area contributed by atoms with Crippen LogP contribution in [-0.4, -0.2) is 37.3 Å². The molecule has 0 aliphatic heterocycles. The molecule has 3 rings (SSSR count). The zero-order valence-electron chi connectivity index (χ0n) is 17.6. The van der Waals surface area contributed by atoms with E-state index in [0.29, 0.717) is 13.0 Å². The Morgan fingerprint density at radius 1 is 1.23 bits per heavy atom. The summed E-state index contributed by atoms with van der Waals surface area (Å²) in [6.07, 6.45) is 4.15. The third-order valence-corrected chi connectivity index (χ3v) is 5.75. The Labute approximate surface area is 183 Å². The minimum atomic E-state index is -0.673. The second-order valence-corrected chi connectivity index (χ2v) is 7.84. The van der Waals surface area contributed by atoms with Gasteiger partial charge in [0.1, 0.15) is 5.82 Å². The number of anilines is 2. The number of hydrogen-bond donors (Lipinski definition) is 2. The number of imidazole rings is 1. The highest BCUT2D eigenvalue weighted by Gasteiger charge is 2.24. The normalized spacial score (nSPS) is 10.9. The Morgan fingerprint density at radius 2 is 1.97 bits per heavy atom. The summed E-state index contributed by atoms with van der Waals surface area (Å²) in [6, 6.07) is 9.30. The molecule has 0 fully saturated rings. The number of aryl methyl sites for hydroxylation is 1. The van der Waals surface area contributed by atoms with Crippen molar-refractivity contribution in [2.24, 2.45) is 0 Å². The molecule has 3 N–H and O–H groups in total. The van der Waals surface area contributed by atoms with Gasteiger partial charge < -0.3 is 15.2 Å². The van der Waals surface area contributed by atoms with E-state index in [2.05, 4.69) is 9.97 Å². The van der Waals surface area contributed by atoms with Crippen LogP contribution in [0.25, 0.3) is 0 Å². The summed E-state index contributed by atoms with van der Waals surface area (Å²) in [5.41, 5.74) is 5.83. The lowest BCUT2D eigenvalue weighted by molar-refractivity contribution is -0.116. The van der Waals surface area contributed by atoms with Crippen LogP contribution in [-0.2, 0) is 17.9 Å². The van der Waals surface area contributed by atoms with Gasteiger partial charge >= 0.3 is 5.69 Å². The van der Waals surface area contributed by atoms with Crippen LogP contribution >= 0.6 is 11.8 Å². The Kier molecular flexibility index (Phi) is 7.35. The van der Waals surface area contributed by atoms with Crippen LogP contribution in [0, 0.1) is 0 Å². The fraction of sp³-hybridized carbons (Fsp3) is 0.333. The van der Waals surface area contributed by atoms with Crippen LogP contribution < -0.4 is 21.9 Å². The fourth-order valence-corrected chi connectivity index (χ4v) is 4.13. The summed E-state index contributed by atoms with van der Waals surface area (Å²) in [7, 11) is 0. The first-order valence-electron chi connectivity index (χ1n) is 10.1. The first-order chi connectivity index (χ1) is 15.0. The molecule has 1 amide bonds. The van der Waals surface area contributed by atoms with Gasteiger partial charge in [0.15, 0.2) is 10.8 Å². The van der Waals surface area contributed by atoms with Crippen LogP contribution in [0.2, 0.25) is 0 Å². The van der Waals surface area contributed by atoms with Crippen molar-refractivity contribution in [1.82, 2.24) is 19.1 Å². The van der Waals surface area contributed by atoms with Crippen molar-refractivity contribution < 1.29 is 4.79 Å². The first-order valence-corrected chi connectivity index (χ1v) is 11.1. The van der Waals surface area contributed by atoms with E-state index in [-0.39, 0.29) is 29.7 Å². The number of nitrogens with zero attached hydrogens (tertiary/aromatic N) is 4. The molecule has 164 valence electrons. The fourth-order valence-electron chi connectivity index (χ4n) is 3.23. The molecule has 9 nitrogen and oxygen atoms in total. The zero-order chi connectivity index (χ0) is 22.4. The molecule has 0 spiro atoms. The number of benzene rings is 1. The van der Waals surface area contributed by atoms with E-state index < -0.39 is 11.2 Å². The highest BCUT2D eigenvalue weighted by atomic mass is 32.2. The number of nitrogens with two attached hydrogens (primary N) is 1. The summed E-state index contributed by atoms with van der Waals surface area (Å²) >= 11 is 1.30. The number of H-pyrrole nitrogens is 1. The maximum absolute atomic E-state index is 13.1. The standard InChI is InChI=1S/C21H26N6O3S/c1-3-11-26(16(28)14-31-21-23-10-12-25(21)4-2)17-18(22)27(20(30)24-19(17)29)13-15-8-6-5-7-9-15/h5-10,12H,3-4,11,13-14,22H2,1-2H3,(H,24,29,30). The zero-order valence-corrected chi connectivity index (χ0v) is 18.4. The van der Waals surface area contributed by atoms with Crippen molar-refractivity contribution in [1.29, 1.82) is 0 Å². The molecule has 3 aromatic rings. The molecule has 2 heterocycles. The average Bonchev–Trinajstić information content (AvgIpc) is 3.22. The molecule has 0 atom stereocenters. The molecule has 0 radical (unpaired) electrons. The lowest BCUT2D eigenvalue weighted by Gasteiger charge is -2.24. The molecule has 0 aliphatic rings. The van der Waals surface area contributed by atoms with E-state index in [0.717, 1.165) is 17.3 Å². The molecule has 10 heteroatoms. The molecular formula is C21H26N6O3S. The monoisotopic (exact) mass is 442 g/mol. The van der Waals surface area contributed by atoms with Crippen molar-refractivity contribution in [3.05, 3.63) is 69.1 Å². The number of hydrogen-bond acceptors (Lipinski definition) is 6. The Hall–Kier alpha value is -3.27. The molecular weight excluding hydrogens is 416 g/mol. The third-order valence-electron chi connectivity index (χ3n) is 4.76. The van der Waals surface area contributed by atoms with Gasteiger partial charge in [0.2, 0.25) is 5.91 Å². The number of nitrogen functional groups attached to an aromatic ring is 1. The van der Waals surface area contributed by atoms with Crippen LogP contribution in [0.4, 0.5) is 11.5 Å². The van der Waals surface area contributed by atoms with E-state index in [1.165, 1.54) is 21.2 Å². The maximum atomic E-state index is 13.1. The highest BCUT2D eigenvalue weighted by Crippen LogP contribution is 2.22. The molecule has 2 aromatic heterocycles. The Morgan fingerprint density at radius 3 is 2.65 bits per heavy atom. The van der Waals surface area contributed by atoms with Crippen molar-refractivity contribution in [2.45, 2.75) is 38.5 Å². The molecule has 0 aliphatic carbocycles. The number of thioether (sulfide) groups is 1. The van der Waals surface area contributed by atoms with Gasteiger partial charge in [-0.05, 0) is 18.9 Å². The topological polar surface area (TPSA) is 119 Å². The molecule has 0 bridgehead atoms. The van der Waals surface area contributed by atoms with Gasteiger partial charge in [-0.15, -0.1) is 0 Å². The first kappa shape index (κ1) is 22.4. The molecule has 1 aromatic carbocycles. The number of nitrogens with one attached hydrogen (secondary N) is 1. The SMILES string of the molecule is CCCN(C(=O)CSc1nccn1CC)c1c(N)n(Cc2ccccc2)c(=O)[nH]c1=O. The van der Waals surface area contributed by atoms with E-state index in [1.807, 2.05) is 54.9 Å². The smallest absolute Gasteiger partial charge is 0.330 e. The highest BCUT2D eigenvalue weighted by molar-refractivity contribution is 7.99. The van der Waals surface area contributed by atoms with Gasteiger partial charge in [-0.1, -0.05) is 49.0 Å². The number of carbonyl (C=O) groups excluding carboxylic acids is 1. The number of rotatable bonds is 9. The number of amides is 1. The largest absolute Gasteiger partial charge is 0.383 e. The predicted octanol–water partition coefficient (Wildman–Crippen LogP) is 1.92. The second kappa shape index (κ2) is 10.2. The van der Waals surface area contributed by atoms with Gasteiger partial charge in [-0.2, -0.15) is 0 Å². The van der Waals surface area contributed by atoms with E-state index in [9.17, 15) is 14.4 Å². The summed E-state index contributed by atoms with van der Waals surface area (Å²) < 4.78 is 3.21. The Balaban J connectivity index is 1.92. The van der Waals surface area contributed by atoms with Crippen molar-refractivity contribution in [3.63, 3.8) is 0 Å². The van der Waals surface area contributed by atoms with Gasteiger partial charge in [-0.3, -0.25) is 19.1 Å². The third kappa shape index (κ3) is 5.08. The Bertz CT molecular complexity index is 1150. The van der Waals surface area contributed by atoms with Crippen LogP contribution in [0.3, 0.4) is 0 Å². The summed E-state index contributed by atoms with van der Waals surface area (Å²) in [5, 5.41) is 0.725. The summed E-state index contributed by atoms with van der Waals surface area (Å²) in [4.78, 5) is 46.1. The summed E-state index contributed by atoms with van der Waals surface area (Å²) in [6.45, 7) is 5.13. The van der Waals surface area contributed by atoms with E-state index in [4.69, 9.17) is 5.73 Å². The predicted molar refractivity (Wildman–Crippen MR) is 123 cm³/mol. The van der Waals surface area contributed by atoms with Crippen molar-refractivity contribution >= 4 is 29.2 Å². The quantitative estimate of drug-likeness (QED) is 0.489. The van der Waals surface area contributed by atoms with Gasteiger partial charge in [0.25, 0.3) is 5.56 Å². The summed E-state index contributed by atoms with van der Waals surface area (Å²) in [5.74, 6) is -0.215. The minimum absolute atomic E-state index is 0.00168. The van der Waals surface area contributed by atoms with Crippen molar-refractivity contribution in [3.8, 4) is 0 Å². The van der Waals surface area contributed by atoms with Gasteiger partial charge in [0.05, 0.1) is 12.3 Å².